The van der Waals surface area contributed by atoms with E-state index < -0.39 is 0 Å². The van der Waals surface area contributed by atoms with Gasteiger partial charge in [-0.2, -0.15) is 0 Å². The monoisotopic (exact) mass is 252 g/mol. The van der Waals surface area contributed by atoms with Crippen LogP contribution in [0.25, 0.3) is 16.8 Å². The topological polar surface area (TPSA) is 17.3 Å². The SMILES string of the molecule is Cc1cccn2c(=S)nc(-c3ccccc3)cc12. The molecule has 0 saturated heterocycles. The second kappa shape index (κ2) is 4.35. The largest absolute Gasteiger partial charge is 0.292 e. The summed E-state index contributed by atoms with van der Waals surface area (Å²) in [6.45, 7) is 2.08. The zero-order valence-electron chi connectivity index (χ0n) is 10.00. The van der Waals surface area contributed by atoms with Crippen molar-refractivity contribution in [3.05, 3.63) is 65.1 Å². The smallest absolute Gasteiger partial charge is 0.204 e. The highest BCUT2D eigenvalue weighted by molar-refractivity contribution is 7.71. The second-order valence-electron chi connectivity index (χ2n) is 4.24. The molecule has 1 aromatic carbocycles. The van der Waals surface area contributed by atoms with Gasteiger partial charge in [-0.15, -0.1) is 0 Å². The molecule has 0 spiro atoms. The number of hydrogen-bond acceptors (Lipinski definition) is 2. The van der Waals surface area contributed by atoms with E-state index >= 15 is 0 Å². The Morgan fingerprint density at radius 3 is 2.61 bits per heavy atom. The molecular weight excluding hydrogens is 240 g/mol. The highest BCUT2D eigenvalue weighted by atomic mass is 32.1. The summed E-state index contributed by atoms with van der Waals surface area (Å²) >= 11 is 5.35. The number of pyridine rings is 1. The zero-order chi connectivity index (χ0) is 12.5. The van der Waals surface area contributed by atoms with Crippen molar-refractivity contribution in [2.75, 3.05) is 0 Å². The van der Waals surface area contributed by atoms with E-state index in [0.717, 1.165) is 16.8 Å². The van der Waals surface area contributed by atoms with E-state index in [1.165, 1.54) is 5.56 Å². The van der Waals surface area contributed by atoms with Crippen molar-refractivity contribution < 1.29 is 0 Å². The van der Waals surface area contributed by atoms with Crippen molar-refractivity contribution in [2.45, 2.75) is 6.92 Å². The van der Waals surface area contributed by atoms with E-state index in [0.29, 0.717) is 4.77 Å². The van der Waals surface area contributed by atoms with E-state index in [1.54, 1.807) is 0 Å². The Hall–Kier alpha value is -2.00. The molecule has 0 N–H and O–H groups in total. The Kier molecular flexibility index (Phi) is 2.68. The van der Waals surface area contributed by atoms with Gasteiger partial charge in [-0.25, -0.2) is 4.98 Å². The second-order valence-corrected chi connectivity index (χ2v) is 4.60. The Bertz CT molecular complexity index is 760. The Balaban J connectivity index is 2.34. The summed E-state index contributed by atoms with van der Waals surface area (Å²) in [6.07, 6.45) is 1.95. The van der Waals surface area contributed by atoms with Crippen molar-refractivity contribution in [1.29, 1.82) is 0 Å². The number of benzene rings is 1. The van der Waals surface area contributed by atoms with Gasteiger partial charge in [-0.3, -0.25) is 4.40 Å². The van der Waals surface area contributed by atoms with Crippen LogP contribution >= 0.6 is 12.2 Å². The van der Waals surface area contributed by atoms with Gasteiger partial charge in [0.1, 0.15) is 0 Å². The van der Waals surface area contributed by atoms with Gasteiger partial charge in [0.2, 0.25) is 4.77 Å². The molecule has 0 saturated carbocycles. The van der Waals surface area contributed by atoms with Crippen molar-refractivity contribution in [3.8, 4) is 11.3 Å². The van der Waals surface area contributed by atoms with E-state index in [-0.39, 0.29) is 0 Å². The average molecular weight is 252 g/mol. The van der Waals surface area contributed by atoms with Crippen LogP contribution in [0.2, 0.25) is 0 Å². The summed E-state index contributed by atoms with van der Waals surface area (Å²) in [4.78, 5) is 4.49. The normalized spacial score (nSPS) is 10.7. The first kappa shape index (κ1) is 11.1. The molecule has 3 aromatic rings. The molecule has 18 heavy (non-hydrogen) atoms. The van der Waals surface area contributed by atoms with Gasteiger partial charge in [0, 0.05) is 11.8 Å². The maximum absolute atomic E-state index is 5.35. The van der Waals surface area contributed by atoms with Crippen LogP contribution in [0.5, 0.6) is 0 Å². The third kappa shape index (κ3) is 1.83. The molecule has 2 aromatic heterocycles. The Morgan fingerprint density at radius 1 is 1.06 bits per heavy atom. The predicted molar refractivity (Wildman–Crippen MR) is 76.2 cm³/mol. The van der Waals surface area contributed by atoms with Gasteiger partial charge in [0.15, 0.2) is 0 Å². The van der Waals surface area contributed by atoms with Gasteiger partial charge in [-0.05, 0) is 36.8 Å². The van der Waals surface area contributed by atoms with E-state index in [1.807, 2.05) is 47.0 Å². The molecular formula is C15H12N2S. The number of nitrogens with zero attached hydrogens (tertiary/aromatic N) is 2. The van der Waals surface area contributed by atoms with Crippen molar-refractivity contribution in [1.82, 2.24) is 9.38 Å². The van der Waals surface area contributed by atoms with Crippen LogP contribution in [0.15, 0.2) is 54.7 Å². The summed E-state index contributed by atoms with van der Waals surface area (Å²) < 4.78 is 2.53. The van der Waals surface area contributed by atoms with Crippen LogP contribution in [-0.4, -0.2) is 9.38 Å². The summed E-state index contributed by atoms with van der Waals surface area (Å²) in [5.41, 5.74) is 4.32. The van der Waals surface area contributed by atoms with Crippen LogP contribution in [0.3, 0.4) is 0 Å². The quantitative estimate of drug-likeness (QED) is 0.608. The lowest BCUT2D eigenvalue weighted by atomic mass is 10.1. The fourth-order valence-electron chi connectivity index (χ4n) is 2.05. The standard InChI is InChI=1S/C15H12N2S/c1-11-6-5-9-17-14(11)10-13(16-15(17)18)12-7-3-2-4-8-12/h2-10H,1H3. The zero-order valence-corrected chi connectivity index (χ0v) is 10.8. The number of aromatic nitrogens is 2. The molecule has 3 heteroatoms. The van der Waals surface area contributed by atoms with Crippen molar-refractivity contribution in [3.63, 3.8) is 0 Å². The Labute approximate surface area is 111 Å². The molecule has 0 bridgehead atoms. The van der Waals surface area contributed by atoms with Gasteiger partial charge in [0.25, 0.3) is 0 Å². The minimum Gasteiger partial charge on any atom is -0.292 e. The molecule has 0 aliphatic heterocycles. The first-order valence-corrected chi connectivity index (χ1v) is 6.21. The first-order valence-electron chi connectivity index (χ1n) is 5.80. The van der Waals surface area contributed by atoms with Crippen LogP contribution in [0, 0.1) is 11.7 Å². The number of rotatable bonds is 1. The number of fused-ring (bicyclic) bond motifs is 1. The van der Waals surface area contributed by atoms with Crippen LogP contribution in [0.4, 0.5) is 0 Å². The molecule has 0 amide bonds. The van der Waals surface area contributed by atoms with Gasteiger partial charge in [0.05, 0.1) is 11.2 Å². The van der Waals surface area contributed by atoms with Crippen LogP contribution in [-0.2, 0) is 0 Å². The molecule has 0 radical (unpaired) electrons. The molecule has 0 fully saturated rings. The highest BCUT2D eigenvalue weighted by Gasteiger charge is 2.03. The maximum atomic E-state index is 5.35. The van der Waals surface area contributed by atoms with Crippen LogP contribution < -0.4 is 0 Å². The molecule has 0 aliphatic rings. The third-order valence-electron chi connectivity index (χ3n) is 3.01. The van der Waals surface area contributed by atoms with E-state index in [9.17, 15) is 0 Å². The lowest BCUT2D eigenvalue weighted by Crippen LogP contribution is -1.97. The summed E-state index contributed by atoms with van der Waals surface area (Å²) in [6, 6.07) is 16.3. The minimum absolute atomic E-state index is 0.593. The lowest BCUT2D eigenvalue weighted by molar-refractivity contribution is 1.04. The van der Waals surface area contributed by atoms with Crippen LogP contribution in [0.1, 0.15) is 5.56 Å². The van der Waals surface area contributed by atoms with E-state index in [2.05, 4.69) is 24.0 Å². The third-order valence-corrected chi connectivity index (χ3v) is 3.30. The van der Waals surface area contributed by atoms with Gasteiger partial charge >= 0.3 is 0 Å². The highest BCUT2D eigenvalue weighted by Crippen LogP contribution is 2.20. The van der Waals surface area contributed by atoms with Crippen molar-refractivity contribution >= 4 is 17.7 Å². The lowest BCUT2D eigenvalue weighted by Gasteiger charge is -2.07. The first-order chi connectivity index (χ1) is 8.75. The number of hydrogen-bond donors (Lipinski definition) is 0. The van der Waals surface area contributed by atoms with Gasteiger partial charge in [-0.1, -0.05) is 36.4 Å². The molecule has 0 atom stereocenters. The molecule has 2 heterocycles. The molecule has 0 aliphatic carbocycles. The molecule has 3 rings (SSSR count). The molecule has 0 unspecified atom stereocenters. The van der Waals surface area contributed by atoms with Crippen molar-refractivity contribution in [2.24, 2.45) is 0 Å². The summed E-state index contributed by atoms with van der Waals surface area (Å²) in [7, 11) is 0. The maximum Gasteiger partial charge on any atom is 0.204 e. The fourth-order valence-corrected chi connectivity index (χ4v) is 2.31. The fraction of sp³-hybridized carbons (Fsp3) is 0.0667. The number of aryl methyl sites for hydroxylation is 1. The Morgan fingerprint density at radius 2 is 1.83 bits per heavy atom. The van der Waals surface area contributed by atoms with E-state index in [4.69, 9.17) is 12.2 Å². The predicted octanol–water partition coefficient (Wildman–Crippen LogP) is 4.04. The summed E-state index contributed by atoms with van der Waals surface area (Å²) in [5.74, 6) is 0. The van der Waals surface area contributed by atoms with Gasteiger partial charge < -0.3 is 0 Å². The average Bonchev–Trinajstić information content (AvgIpc) is 2.41. The minimum atomic E-state index is 0.593. The molecule has 2 nitrogen and oxygen atoms in total. The summed E-state index contributed by atoms with van der Waals surface area (Å²) in [5, 5.41) is 0. The molecule has 88 valence electrons.